The van der Waals surface area contributed by atoms with Crippen LogP contribution in [0.1, 0.15) is 22.4 Å². The molecule has 0 aliphatic rings. The SMILES string of the molecule is Fc1nc(Br)c(C(c2ccccc2)(c2ccccc2)c2ccccc2)[nH]1. The number of benzene rings is 3. The van der Waals surface area contributed by atoms with E-state index in [9.17, 15) is 4.39 Å². The van der Waals surface area contributed by atoms with Gasteiger partial charge in [0.2, 0.25) is 0 Å². The largest absolute Gasteiger partial charge is 0.316 e. The van der Waals surface area contributed by atoms with Gasteiger partial charge in [-0.2, -0.15) is 9.37 Å². The van der Waals surface area contributed by atoms with Gasteiger partial charge in [0, 0.05) is 0 Å². The van der Waals surface area contributed by atoms with Crippen LogP contribution in [0.5, 0.6) is 0 Å². The van der Waals surface area contributed by atoms with Gasteiger partial charge in [0.1, 0.15) is 4.60 Å². The molecule has 1 heterocycles. The zero-order chi connectivity index (χ0) is 18.0. The van der Waals surface area contributed by atoms with Crippen molar-refractivity contribution >= 4 is 15.9 Å². The van der Waals surface area contributed by atoms with Gasteiger partial charge < -0.3 is 4.98 Å². The minimum atomic E-state index is -0.722. The molecule has 128 valence electrons. The predicted octanol–water partition coefficient (Wildman–Crippen LogP) is 5.69. The lowest BCUT2D eigenvalue weighted by molar-refractivity contribution is 0.545. The molecule has 0 radical (unpaired) electrons. The standard InChI is InChI=1S/C22H16BrFN2/c23-20-19(25-21(24)26-20)22(16-10-4-1-5-11-16,17-12-6-2-7-13-17)18-14-8-3-9-15-18/h1-15H,(H,25,26). The third-order valence-electron chi connectivity index (χ3n) is 4.63. The van der Waals surface area contributed by atoms with Crippen LogP contribution in [-0.4, -0.2) is 9.97 Å². The number of H-pyrrole nitrogens is 1. The van der Waals surface area contributed by atoms with Gasteiger partial charge in [-0.3, -0.25) is 0 Å². The molecule has 0 saturated carbocycles. The highest BCUT2D eigenvalue weighted by molar-refractivity contribution is 9.10. The van der Waals surface area contributed by atoms with Crippen molar-refractivity contribution in [2.45, 2.75) is 5.41 Å². The zero-order valence-corrected chi connectivity index (χ0v) is 15.4. The summed E-state index contributed by atoms with van der Waals surface area (Å²) in [5, 5.41) is 0. The second-order valence-corrected chi connectivity index (χ2v) is 6.79. The maximum Gasteiger partial charge on any atom is 0.287 e. The Labute approximate surface area is 159 Å². The van der Waals surface area contributed by atoms with Crippen molar-refractivity contribution in [3.05, 3.63) is 124 Å². The number of nitrogens with zero attached hydrogens (tertiary/aromatic N) is 1. The van der Waals surface area contributed by atoms with Crippen molar-refractivity contribution in [1.82, 2.24) is 9.97 Å². The van der Waals surface area contributed by atoms with Crippen molar-refractivity contribution in [2.24, 2.45) is 0 Å². The van der Waals surface area contributed by atoms with Crippen molar-refractivity contribution in [3.8, 4) is 0 Å². The van der Waals surface area contributed by atoms with Gasteiger partial charge in [-0.25, -0.2) is 0 Å². The highest BCUT2D eigenvalue weighted by atomic mass is 79.9. The third kappa shape index (κ3) is 2.67. The Morgan fingerprint density at radius 1 is 0.692 bits per heavy atom. The summed E-state index contributed by atoms with van der Waals surface area (Å²) in [7, 11) is 0. The Hall–Kier alpha value is -2.72. The van der Waals surface area contributed by atoms with E-state index < -0.39 is 11.5 Å². The van der Waals surface area contributed by atoms with Crippen LogP contribution in [0.2, 0.25) is 0 Å². The maximum atomic E-state index is 14.1. The molecule has 0 atom stereocenters. The van der Waals surface area contributed by atoms with Gasteiger partial charge in [0.15, 0.2) is 0 Å². The van der Waals surface area contributed by atoms with E-state index in [0.717, 1.165) is 16.7 Å². The van der Waals surface area contributed by atoms with Gasteiger partial charge >= 0.3 is 0 Å². The first-order valence-electron chi connectivity index (χ1n) is 8.31. The fourth-order valence-corrected chi connectivity index (χ4v) is 4.12. The average molecular weight is 407 g/mol. The summed E-state index contributed by atoms with van der Waals surface area (Å²) in [5.41, 5.74) is 3.03. The lowest BCUT2D eigenvalue weighted by Crippen LogP contribution is -2.32. The van der Waals surface area contributed by atoms with Crippen LogP contribution in [0, 0.1) is 6.08 Å². The quantitative estimate of drug-likeness (QED) is 0.433. The Morgan fingerprint density at radius 2 is 1.08 bits per heavy atom. The molecule has 0 spiro atoms. The number of hydrogen-bond acceptors (Lipinski definition) is 1. The first-order valence-corrected chi connectivity index (χ1v) is 9.10. The van der Waals surface area contributed by atoms with Crippen LogP contribution in [0.4, 0.5) is 4.39 Å². The minimum absolute atomic E-state index is 0.464. The fraction of sp³-hybridized carbons (Fsp3) is 0.0455. The molecule has 3 aromatic carbocycles. The van der Waals surface area contributed by atoms with E-state index in [0.29, 0.717) is 10.3 Å². The van der Waals surface area contributed by atoms with Crippen LogP contribution in [-0.2, 0) is 5.41 Å². The van der Waals surface area contributed by atoms with E-state index in [4.69, 9.17) is 0 Å². The van der Waals surface area contributed by atoms with E-state index in [1.807, 2.05) is 54.6 Å². The van der Waals surface area contributed by atoms with Crippen LogP contribution in [0.15, 0.2) is 95.6 Å². The molecular formula is C22H16BrFN2. The second-order valence-electron chi connectivity index (χ2n) is 6.04. The van der Waals surface area contributed by atoms with Crippen molar-refractivity contribution in [2.75, 3.05) is 0 Å². The molecule has 4 rings (SSSR count). The summed E-state index contributed by atoms with van der Waals surface area (Å²) in [4.78, 5) is 6.80. The Balaban J connectivity index is 2.16. The number of halogens is 2. The summed E-state index contributed by atoms with van der Waals surface area (Å²) < 4.78 is 14.5. The summed E-state index contributed by atoms with van der Waals surface area (Å²) in [6.07, 6.45) is -0.612. The van der Waals surface area contributed by atoms with Gasteiger partial charge in [-0.15, -0.1) is 0 Å². The van der Waals surface area contributed by atoms with E-state index in [1.54, 1.807) is 0 Å². The number of aromatic nitrogens is 2. The maximum absolute atomic E-state index is 14.1. The third-order valence-corrected chi connectivity index (χ3v) is 5.20. The Bertz CT molecular complexity index is 902. The molecule has 4 heteroatoms. The molecular weight excluding hydrogens is 391 g/mol. The number of imidazole rings is 1. The molecule has 1 N–H and O–H groups in total. The monoisotopic (exact) mass is 406 g/mol. The molecule has 26 heavy (non-hydrogen) atoms. The topological polar surface area (TPSA) is 28.7 Å². The van der Waals surface area contributed by atoms with Crippen LogP contribution >= 0.6 is 15.9 Å². The highest BCUT2D eigenvalue weighted by Crippen LogP contribution is 2.46. The van der Waals surface area contributed by atoms with E-state index in [1.165, 1.54) is 0 Å². The molecule has 0 bridgehead atoms. The predicted molar refractivity (Wildman–Crippen MR) is 105 cm³/mol. The van der Waals surface area contributed by atoms with Crippen LogP contribution in [0.3, 0.4) is 0 Å². The number of aromatic amines is 1. The summed E-state index contributed by atoms with van der Waals surface area (Å²) >= 11 is 3.46. The lowest BCUT2D eigenvalue weighted by Gasteiger charge is -2.35. The van der Waals surface area contributed by atoms with E-state index in [2.05, 4.69) is 62.3 Å². The average Bonchev–Trinajstić information content (AvgIpc) is 3.03. The van der Waals surface area contributed by atoms with Crippen LogP contribution in [0.25, 0.3) is 0 Å². The molecule has 4 aromatic rings. The first-order chi connectivity index (χ1) is 12.7. The van der Waals surface area contributed by atoms with Gasteiger partial charge in [-0.05, 0) is 32.6 Å². The number of nitrogens with one attached hydrogen (secondary N) is 1. The van der Waals surface area contributed by atoms with Crippen molar-refractivity contribution in [3.63, 3.8) is 0 Å². The van der Waals surface area contributed by atoms with E-state index >= 15 is 0 Å². The van der Waals surface area contributed by atoms with Gasteiger partial charge in [0.25, 0.3) is 6.08 Å². The number of hydrogen-bond donors (Lipinski definition) is 1. The summed E-state index contributed by atoms with van der Waals surface area (Å²) in [6.45, 7) is 0. The fourth-order valence-electron chi connectivity index (χ4n) is 3.57. The van der Waals surface area contributed by atoms with E-state index in [-0.39, 0.29) is 0 Å². The molecule has 0 aliphatic heterocycles. The minimum Gasteiger partial charge on any atom is -0.316 e. The lowest BCUT2D eigenvalue weighted by atomic mass is 9.67. The summed E-state index contributed by atoms with van der Waals surface area (Å²) in [6, 6.07) is 30.3. The zero-order valence-electron chi connectivity index (χ0n) is 13.9. The molecule has 0 saturated heterocycles. The molecule has 2 nitrogen and oxygen atoms in total. The van der Waals surface area contributed by atoms with Gasteiger partial charge in [0.05, 0.1) is 11.1 Å². The smallest absolute Gasteiger partial charge is 0.287 e. The van der Waals surface area contributed by atoms with Crippen molar-refractivity contribution in [1.29, 1.82) is 0 Å². The first kappa shape index (κ1) is 16.7. The van der Waals surface area contributed by atoms with Crippen LogP contribution < -0.4 is 0 Å². The molecule has 0 amide bonds. The molecule has 0 fully saturated rings. The molecule has 1 aromatic heterocycles. The molecule has 0 unspecified atom stereocenters. The Morgan fingerprint density at radius 3 is 1.38 bits per heavy atom. The Kier molecular flexibility index (Phi) is 4.43. The summed E-state index contributed by atoms with van der Waals surface area (Å²) in [5.74, 6) is 0. The second kappa shape index (κ2) is 6.89. The molecule has 0 aliphatic carbocycles. The highest BCUT2D eigenvalue weighted by Gasteiger charge is 2.41. The normalized spacial score (nSPS) is 11.5. The number of rotatable bonds is 4. The van der Waals surface area contributed by atoms with Crippen molar-refractivity contribution < 1.29 is 4.39 Å². The van der Waals surface area contributed by atoms with Gasteiger partial charge in [-0.1, -0.05) is 91.0 Å².